The molecule has 0 saturated carbocycles. The molecule has 0 radical (unpaired) electrons. The highest BCUT2D eigenvalue weighted by Crippen LogP contribution is 2.18. The van der Waals surface area contributed by atoms with Crippen LogP contribution in [0.15, 0.2) is 76.4 Å². The fourth-order valence-electron chi connectivity index (χ4n) is 3.29. The zero-order chi connectivity index (χ0) is 20.4. The highest BCUT2D eigenvalue weighted by molar-refractivity contribution is 5.80. The van der Waals surface area contributed by atoms with Gasteiger partial charge in [0, 0.05) is 11.5 Å². The number of hydrogen-bond acceptors (Lipinski definition) is 5. The molecule has 2 atom stereocenters. The Hall–Kier alpha value is -3.74. The Balaban J connectivity index is 1.68. The predicted octanol–water partition coefficient (Wildman–Crippen LogP) is 3.26. The van der Waals surface area contributed by atoms with Gasteiger partial charge in [-0.2, -0.15) is 5.10 Å². The van der Waals surface area contributed by atoms with Crippen LogP contribution in [0.25, 0.3) is 10.8 Å². The molecule has 0 amide bonds. The summed E-state index contributed by atoms with van der Waals surface area (Å²) in [6.45, 7) is 3.79. The Kier molecular flexibility index (Phi) is 4.95. The first-order valence-electron chi connectivity index (χ1n) is 9.42. The van der Waals surface area contributed by atoms with Crippen LogP contribution in [-0.4, -0.2) is 19.7 Å². The van der Waals surface area contributed by atoms with Gasteiger partial charge in [0.1, 0.15) is 0 Å². The molecule has 0 fully saturated rings. The SMILES string of the molecule is C[C@H](Nc1nc([C@@H](C)n2ncc3ccccc3c2=O)cc(=O)[nH]1)c1ccccc1. The Morgan fingerprint density at radius 3 is 2.52 bits per heavy atom. The van der Waals surface area contributed by atoms with Gasteiger partial charge in [-0.05, 0) is 25.5 Å². The van der Waals surface area contributed by atoms with E-state index >= 15 is 0 Å². The monoisotopic (exact) mass is 387 g/mol. The van der Waals surface area contributed by atoms with Crippen LogP contribution < -0.4 is 16.4 Å². The summed E-state index contributed by atoms with van der Waals surface area (Å²) in [5, 5.41) is 8.85. The molecule has 4 rings (SSSR count). The Bertz CT molecular complexity index is 1260. The molecule has 0 aliphatic heterocycles. The number of nitrogens with zero attached hydrogens (tertiary/aromatic N) is 3. The number of aromatic nitrogens is 4. The highest BCUT2D eigenvalue weighted by atomic mass is 16.1. The van der Waals surface area contributed by atoms with Gasteiger partial charge in [0.25, 0.3) is 11.1 Å². The molecule has 0 saturated heterocycles. The van der Waals surface area contributed by atoms with Crippen molar-refractivity contribution in [3.8, 4) is 0 Å². The lowest BCUT2D eigenvalue weighted by atomic mass is 10.1. The highest BCUT2D eigenvalue weighted by Gasteiger charge is 2.16. The Morgan fingerprint density at radius 2 is 1.72 bits per heavy atom. The quantitative estimate of drug-likeness (QED) is 0.548. The van der Waals surface area contributed by atoms with Crippen LogP contribution in [0.3, 0.4) is 0 Å². The Labute approximate surface area is 167 Å². The Morgan fingerprint density at radius 1 is 1.00 bits per heavy atom. The van der Waals surface area contributed by atoms with Gasteiger partial charge in [0.2, 0.25) is 5.95 Å². The van der Waals surface area contributed by atoms with Crippen LogP contribution in [0.2, 0.25) is 0 Å². The van der Waals surface area contributed by atoms with Gasteiger partial charge in [-0.1, -0.05) is 48.5 Å². The van der Waals surface area contributed by atoms with E-state index in [9.17, 15) is 9.59 Å². The minimum absolute atomic E-state index is 0.0496. The molecule has 4 aromatic rings. The minimum Gasteiger partial charge on any atom is -0.349 e. The van der Waals surface area contributed by atoms with E-state index < -0.39 is 6.04 Å². The summed E-state index contributed by atoms with van der Waals surface area (Å²) in [5.74, 6) is 0.351. The molecule has 0 aliphatic carbocycles. The van der Waals surface area contributed by atoms with Crippen molar-refractivity contribution >= 4 is 16.7 Å². The van der Waals surface area contributed by atoms with Crippen molar-refractivity contribution in [2.24, 2.45) is 0 Å². The number of rotatable bonds is 5. The molecule has 0 aliphatic rings. The molecule has 7 heteroatoms. The van der Waals surface area contributed by atoms with Crippen LogP contribution in [0.5, 0.6) is 0 Å². The summed E-state index contributed by atoms with van der Waals surface area (Å²) < 4.78 is 1.36. The predicted molar refractivity (Wildman–Crippen MR) is 113 cm³/mol. The van der Waals surface area contributed by atoms with E-state index in [0.717, 1.165) is 10.9 Å². The molecule has 0 spiro atoms. The fourth-order valence-corrected chi connectivity index (χ4v) is 3.29. The van der Waals surface area contributed by atoms with Crippen LogP contribution in [0.1, 0.15) is 37.2 Å². The van der Waals surface area contributed by atoms with E-state index in [4.69, 9.17) is 0 Å². The topological polar surface area (TPSA) is 92.7 Å². The average Bonchev–Trinajstić information content (AvgIpc) is 2.74. The second-order valence-electron chi connectivity index (χ2n) is 6.95. The third-order valence-corrected chi connectivity index (χ3v) is 4.93. The van der Waals surface area contributed by atoms with Crippen LogP contribution in [0, 0.1) is 0 Å². The number of hydrogen-bond donors (Lipinski definition) is 2. The second kappa shape index (κ2) is 7.71. The van der Waals surface area contributed by atoms with Gasteiger partial charge in [0.05, 0.1) is 29.4 Å². The molecule has 146 valence electrons. The molecule has 2 N–H and O–H groups in total. The lowest BCUT2D eigenvalue weighted by molar-refractivity contribution is 0.524. The fraction of sp³-hybridized carbons (Fsp3) is 0.182. The second-order valence-corrected chi connectivity index (χ2v) is 6.95. The number of anilines is 1. The van der Waals surface area contributed by atoms with E-state index in [-0.39, 0.29) is 17.2 Å². The van der Waals surface area contributed by atoms with Gasteiger partial charge in [-0.3, -0.25) is 14.6 Å². The van der Waals surface area contributed by atoms with Crippen molar-refractivity contribution in [3.05, 3.63) is 98.8 Å². The molecular formula is C22H21N5O2. The maximum absolute atomic E-state index is 12.8. The first kappa shape index (κ1) is 18.6. The van der Waals surface area contributed by atoms with Crippen molar-refractivity contribution in [2.45, 2.75) is 25.9 Å². The summed E-state index contributed by atoms with van der Waals surface area (Å²) in [6, 6.07) is 18.0. The van der Waals surface area contributed by atoms with Crippen molar-refractivity contribution in [2.75, 3.05) is 5.32 Å². The third-order valence-electron chi connectivity index (χ3n) is 4.93. The minimum atomic E-state index is -0.498. The zero-order valence-corrected chi connectivity index (χ0v) is 16.2. The smallest absolute Gasteiger partial charge is 0.275 e. The molecule has 2 aromatic heterocycles. The summed E-state index contributed by atoms with van der Waals surface area (Å²) in [6.07, 6.45) is 1.65. The van der Waals surface area contributed by atoms with E-state index in [1.165, 1.54) is 10.7 Å². The molecule has 2 heterocycles. The van der Waals surface area contributed by atoms with Gasteiger partial charge < -0.3 is 5.32 Å². The molecule has 0 unspecified atom stereocenters. The van der Waals surface area contributed by atoms with Crippen molar-refractivity contribution in [1.29, 1.82) is 0 Å². The normalized spacial score (nSPS) is 13.2. The third kappa shape index (κ3) is 3.80. The van der Waals surface area contributed by atoms with Gasteiger partial charge in [0.15, 0.2) is 0 Å². The number of fused-ring (bicyclic) bond motifs is 1. The van der Waals surface area contributed by atoms with Gasteiger partial charge in [-0.15, -0.1) is 0 Å². The first-order chi connectivity index (χ1) is 14.0. The molecule has 29 heavy (non-hydrogen) atoms. The van der Waals surface area contributed by atoms with Crippen LogP contribution in [-0.2, 0) is 0 Å². The molecular weight excluding hydrogens is 366 g/mol. The van der Waals surface area contributed by atoms with Gasteiger partial charge >= 0.3 is 0 Å². The van der Waals surface area contributed by atoms with E-state index in [2.05, 4.69) is 20.4 Å². The number of benzene rings is 2. The summed E-state index contributed by atoms with van der Waals surface area (Å²) in [4.78, 5) is 32.3. The molecule has 0 bridgehead atoms. The summed E-state index contributed by atoms with van der Waals surface area (Å²) >= 11 is 0. The average molecular weight is 387 g/mol. The maximum atomic E-state index is 12.8. The van der Waals surface area contributed by atoms with Crippen molar-refractivity contribution in [3.63, 3.8) is 0 Å². The van der Waals surface area contributed by atoms with Crippen LogP contribution in [0.4, 0.5) is 5.95 Å². The summed E-state index contributed by atoms with van der Waals surface area (Å²) in [5.41, 5.74) is 1.02. The summed E-state index contributed by atoms with van der Waals surface area (Å²) in [7, 11) is 0. The maximum Gasteiger partial charge on any atom is 0.275 e. The largest absolute Gasteiger partial charge is 0.349 e. The van der Waals surface area contributed by atoms with Crippen LogP contribution >= 0.6 is 0 Å². The zero-order valence-electron chi connectivity index (χ0n) is 16.2. The number of H-pyrrole nitrogens is 1. The number of nitrogens with one attached hydrogen (secondary N) is 2. The van der Waals surface area contributed by atoms with Gasteiger partial charge in [-0.25, -0.2) is 9.67 Å². The van der Waals surface area contributed by atoms with Crippen molar-refractivity contribution in [1.82, 2.24) is 19.7 Å². The van der Waals surface area contributed by atoms with E-state index in [1.807, 2.05) is 55.5 Å². The first-order valence-corrected chi connectivity index (χ1v) is 9.42. The van der Waals surface area contributed by atoms with Crippen molar-refractivity contribution < 1.29 is 0 Å². The molecule has 7 nitrogen and oxygen atoms in total. The number of aromatic amines is 1. The van der Waals surface area contributed by atoms with E-state index in [0.29, 0.717) is 17.0 Å². The lowest BCUT2D eigenvalue weighted by Gasteiger charge is -2.17. The molecule has 2 aromatic carbocycles. The lowest BCUT2D eigenvalue weighted by Crippen LogP contribution is -2.28. The standard InChI is InChI=1S/C22H21N5O2/c1-14(16-8-4-3-5-9-16)24-22-25-19(12-20(28)26-22)15(2)27-21(29)18-11-7-6-10-17(18)13-23-27/h3-15H,1-2H3,(H2,24,25,26,28)/t14-,15+/m0/s1. The van der Waals surface area contributed by atoms with E-state index in [1.54, 1.807) is 19.2 Å².